The lowest BCUT2D eigenvalue weighted by molar-refractivity contribution is 0.0748. The zero-order valence-corrected chi connectivity index (χ0v) is 15.9. The lowest BCUT2D eigenvalue weighted by Gasteiger charge is -2.21. The Morgan fingerprint density at radius 1 is 1.40 bits per heavy atom. The quantitative estimate of drug-likeness (QED) is 0.872. The molecule has 1 amide bonds. The normalized spacial score (nSPS) is 20.4. The van der Waals surface area contributed by atoms with E-state index in [1.807, 2.05) is 11.8 Å². The Kier molecular flexibility index (Phi) is 5.21. The first-order chi connectivity index (χ1) is 12.0. The molecule has 2 atom stereocenters. The summed E-state index contributed by atoms with van der Waals surface area (Å²) in [6, 6.07) is 0.197. The second-order valence-electron chi connectivity index (χ2n) is 6.46. The van der Waals surface area contributed by atoms with Gasteiger partial charge >= 0.3 is 0 Å². The summed E-state index contributed by atoms with van der Waals surface area (Å²) in [5, 5.41) is 0.804. The number of hydrogen-bond donors (Lipinski definition) is 1. The Morgan fingerprint density at radius 2 is 2.16 bits per heavy atom. The number of nitrogens with two attached hydrogens (primary N) is 1. The SMILES string of the molecule is COCc1nc(OC)c2c(C)c(C(=O)N3CC(CN)CC3C)sc2n1. The number of hydrogen-bond acceptors (Lipinski definition) is 7. The maximum absolute atomic E-state index is 13.1. The third-order valence-corrected chi connectivity index (χ3v) is 5.89. The molecule has 0 radical (unpaired) electrons. The number of ether oxygens (including phenoxy) is 2. The van der Waals surface area contributed by atoms with Gasteiger partial charge in [-0.2, -0.15) is 4.98 Å². The van der Waals surface area contributed by atoms with Crippen molar-refractivity contribution in [3.63, 3.8) is 0 Å². The van der Waals surface area contributed by atoms with Crippen LogP contribution in [0.15, 0.2) is 0 Å². The minimum absolute atomic E-state index is 0.0410. The van der Waals surface area contributed by atoms with E-state index >= 15 is 0 Å². The number of carbonyl (C=O) groups excluding carboxylic acids is 1. The molecule has 0 saturated carbocycles. The zero-order chi connectivity index (χ0) is 18.1. The molecular formula is C17H24N4O3S. The van der Waals surface area contributed by atoms with Crippen LogP contribution in [0.2, 0.25) is 0 Å². The third kappa shape index (κ3) is 3.21. The maximum atomic E-state index is 13.1. The molecule has 2 N–H and O–H groups in total. The van der Waals surface area contributed by atoms with Crippen LogP contribution in [-0.2, 0) is 11.3 Å². The number of methoxy groups -OCH3 is 2. The molecule has 0 spiro atoms. The van der Waals surface area contributed by atoms with Gasteiger partial charge in [-0.25, -0.2) is 4.98 Å². The van der Waals surface area contributed by atoms with E-state index in [0.29, 0.717) is 42.2 Å². The van der Waals surface area contributed by atoms with Crippen molar-refractivity contribution in [1.82, 2.24) is 14.9 Å². The van der Waals surface area contributed by atoms with E-state index < -0.39 is 0 Å². The largest absolute Gasteiger partial charge is 0.480 e. The number of carbonyl (C=O) groups is 1. The molecule has 0 bridgehead atoms. The number of nitrogens with zero attached hydrogens (tertiary/aromatic N) is 3. The van der Waals surface area contributed by atoms with Gasteiger partial charge in [0.25, 0.3) is 5.91 Å². The van der Waals surface area contributed by atoms with Crippen LogP contribution in [-0.4, -0.2) is 54.1 Å². The molecule has 1 aliphatic heterocycles. The number of likely N-dealkylation sites (tertiary alicyclic amines) is 1. The monoisotopic (exact) mass is 364 g/mol. The van der Waals surface area contributed by atoms with Gasteiger partial charge < -0.3 is 20.1 Å². The number of rotatable bonds is 5. The highest BCUT2D eigenvalue weighted by Crippen LogP contribution is 2.37. The van der Waals surface area contributed by atoms with Gasteiger partial charge in [0.15, 0.2) is 5.82 Å². The molecule has 25 heavy (non-hydrogen) atoms. The third-order valence-electron chi connectivity index (χ3n) is 4.72. The average molecular weight is 364 g/mol. The summed E-state index contributed by atoms with van der Waals surface area (Å²) in [4.78, 5) is 25.4. The Balaban J connectivity index is 2.02. The molecule has 136 valence electrons. The fourth-order valence-corrected chi connectivity index (χ4v) is 4.56. The lowest BCUT2D eigenvalue weighted by Crippen LogP contribution is -2.34. The topological polar surface area (TPSA) is 90.6 Å². The highest BCUT2D eigenvalue weighted by atomic mass is 32.1. The Hall–Kier alpha value is -1.77. The highest BCUT2D eigenvalue weighted by molar-refractivity contribution is 7.20. The minimum Gasteiger partial charge on any atom is -0.480 e. The second kappa shape index (κ2) is 7.23. The van der Waals surface area contributed by atoms with Gasteiger partial charge in [0, 0.05) is 19.7 Å². The molecule has 0 aliphatic carbocycles. The van der Waals surface area contributed by atoms with Crippen LogP contribution in [0.1, 0.15) is 34.4 Å². The van der Waals surface area contributed by atoms with Gasteiger partial charge in [0.1, 0.15) is 11.4 Å². The van der Waals surface area contributed by atoms with E-state index in [1.165, 1.54) is 11.3 Å². The van der Waals surface area contributed by atoms with Gasteiger partial charge in [-0.05, 0) is 38.3 Å². The van der Waals surface area contributed by atoms with E-state index in [2.05, 4.69) is 16.9 Å². The van der Waals surface area contributed by atoms with E-state index in [-0.39, 0.29) is 11.9 Å². The van der Waals surface area contributed by atoms with Crippen molar-refractivity contribution >= 4 is 27.5 Å². The zero-order valence-electron chi connectivity index (χ0n) is 15.0. The molecule has 8 heteroatoms. The van der Waals surface area contributed by atoms with Crippen LogP contribution >= 0.6 is 11.3 Å². The Bertz CT molecular complexity index is 792. The predicted octanol–water partition coefficient (Wildman–Crippen LogP) is 1.96. The lowest BCUT2D eigenvalue weighted by atomic mass is 10.1. The summed E-state index contributed by atoms with van der Waals surface area (Å²) in [7, 11) is 3.17. The van der Waals surface area contributed by atoms with Crippen molar-refractivity contribution in [3.05, 3.63) is 16.3 Å². The summed E-state index contributed by atoms with van der Waals surface area (Å²) < 4.78 is 10.5. The van der Waals surface area contributed by atoms with Crippen molar-refractivity contribution in [2.24, 2.45) is 11.7 Å². The van der Waals surface area contributed by atoms with Crippen LogP contribution in [0, 0.1) is 12.8 Å². The van der Waals surface area contributed by atoms with Crippen molar-refractivity contribution in [1.29, 1.82) is 0 Å². The second-order valence-corrected chi connectivity index (χ2v) is 7.46. The number of thiophene rings is 1. The molecule has 1 fully saturated rings. The fourth-order valence-electron chi connectivity index (χ4n) is 3.42. The Labute approximate surface area is 151 Å². The van der Waals surface area contributed by atoms with Gasteiger partial charge in [-0.15, -0.1) is 11.3 Å². The van der Waals surface area contributed by atoms with Crippen molar-refractivity contribution in [2.75, 3.05) is 27.3 Å². The van der Waals surface area contributed by atoms with Crippen LogP contribution in [0.3, 0.4) is 0 Å². The van der Waals surface area contributed by atoms with Gasteiger partial charge in [-0.3, -0.25) is 4.79 Å². The molecule has 2 unspecified atom stereocenters. The van der Waals surface area contributed by atoms with E-state index in [9.17, 15) is 4.79 Å². The fraction of sp³-hybridized carbons (Fsp3) is 0.588. The van der Waals surface area contributed by atoms with Crippen LogP contribution in [0.4, 0.5) is 0 Å². The molecule has 3 heterocycles. The predicted molar refractivity (Wildman–Crippen MR) is 97.1 cm³/mol. The van der Waals surface area contributed by atoms with Crippen molar-refractivity contribution in [3.8, 4) is 5.88 Å². The average Bonchev–Trinajstić information content (AvgIpc) is 3.14. The molecule has 2 aromatic rings. The molecule has 7 nitrogen and oxygen atoms in total. The summed E-state index contributed by atoms with van der Waals surface area (Å²) >= 11 is 1.39. The molecule has 0 aromatic carbocycles. The smallest absolute Gasteiger partial charge is 0.264 e. The molecule has 2 aromatic heterocycles. The van der Waals surface area contributed by atoms with Gasteiger partial charge in [-0.1, -0.05) is 0 Å². The molecule has 3 rings (SSSR count). The Morgan fingerprint density at radius 3 is 2.76 bits per heavy atom. The van der Waals surface area contributed by atoms with E-state index in [1.54, 1.807) is 14.2 Å². The standard InChI is InChI=1S/C17H24N4O3S/c1-9-5-11(6-18)7-21(9)17(22)14-10(2)13-15(24-4)19-12(8-23-3)20-16(13)25-14/h9,11H,5-8,18H2,1-4H3. The maximum Gasteiger partial charge on any atom is 0.264 e. The number of aromatic nitrogens is 2. The van der Waals surface area contributed by atoms with Crippen LogP contribution in [0.25, 0.3) is 10.2 Å². The highest BCUT2D eigenvalue weighted by Gasteiger charge is 2.34. The van der Waals surface area contributed by atoms with Crippen molar-refractivity contribution in [2.45, 2.75) is 32.9 Å². The molecular weight excluding hydrogens is 340 g/mol. The molecule has 1 aliphatic rings. The first kappa shape index (κ1) is 18.0. The first-order valence-electron chi connectivity index (χ1n) is 8.34. The van der Waals surface area contributed by atoms with E-state index in [0.717, 1.165) is 22.2 Å². The van der Waals surface area contributed by atoms with E-state index in [4.69, 9.17) is 15.2 Å². The minimum atomic E-state index is 0.0410. The summed E-state index contributed by atoms with van der Waals surface area (Å²) in [6.45, 7) is 5.62. The number of fused-ring (bicyclic) bond motifs is 1. The van der Waals surface area contributed by atoms with Gasteiger partial charge in [0.05, 0.1) is 17.4 Å². The number of aryl methyl sites for hydroxylation is 1. The van der Waals surface area contributed by atoms with Crippen molar-refractivity contribution < 1.29 is 14.3 Å². The first-order valence-corrected chi connectivity index (χ1v) is 9.15. The number of amides is 1. The van der Waals surface area contributed by atoms with Crippen LogP contribution in [0.5, 0.6) is 5.88 Å². The van der Waals surface area contributed by atoms with Gasteiger partial charge in [0.2, 0.25) is 5.88 Å². The molecule has 1 saturated heterocycles. The summed E-state index contributed by atoms with van der Waals surface area (Å²) in [6.07, 6.45) is 0.952. The summed E-state index contributed by atoms with van der Waals surface area (Å²) in [5.74, 6) is 1.44. The van der Waals surface area contributed by atoms with Crippen LogP contribution < -0.4 is 10.5 Å². The summed E-state index contributed by atoms with van der Waals surface area (Å²) in [5.41, 5.74) is 6.66.